The monoisotopic (exact) mass is 426 g/mol. The van der Waals surface area contributed by atoms with E-state index in [2.05, 4.69) is 10.1 Å². The minimum atomic E-state index is -0.133. The van der Waals surface area contributed by atoms with Crippen LogP contribution in [0.5, 0.6) is 5.75 Å². The van der Waals surface area contributed by atoms with Gasteiger partial charge in [-0.05, 0) is 47.9 Å². The van der Waals surface area contributed by atoms with Gasteiger partial charge in [0.2, 0.25) is 5.56 Å². The Hall–Kier alpha value is -4.13. The third kappa shape index (κ3) is 3.69. The third-order valence-corrected chi connectivity index (χ3v) is 5.72. The van der Waals surface area contributed by atoms with E-state index in [1.165, 1.54) is 0 Å². The topological polar surface area (TPSA) is 80.2 Å². The molecule has 160 valence electrons. The molecule has 0 saturated carbocycles. The van der Waals surface area contributed by atoms with Gasteiger partial charge in [0.05, 0.1) is 18.5 Å². The highest BCUT2D eigenvalue weighted by molar-refractivity contribution is 5.93. The number of amides is 1. The number of fused-ring (bicyclic) bond motifs is 1. The van der Waals surface area contributed by atoms with Crippen molar-refractivity contribution in [3.8, 4) is 22.7 Å². The van der Waals surface area contributed by atoms with Crippen molar-refractivity contribution in [2.24, 2.45) is 0 Å². The minimum Gasteiger partial charge on any atom is -0.497 e. The Labute approximate surface area is 184 Å². The molecule has 5 rings (SSSR count). The first kappa shape index (κ1) is 19.8. The van der Waals surface area contributed by atoms with Crippen molar-refractivity contribution in [2.75, 3.05) is 13.7 Å². The summed E-state index contributed by atoms with van der Waals surface area (Å²) in [5, 5.41) is 4.68. The molecule has 0 aliphatic carbocycles. The maximum Gasteiger partial charge on any atom is 0.274 e. The minimum absolute atomic E-state index is 0.116. The second-order valence-electron chi connectivity index (χ2n) is 7.72. The van der Waals surface area contributed by atoms with Crippen LogP contribution in [-0.2, 0) is 13.0 Å². The van der Waals surface area contributed by atoms with Gasteiger partial charge in [0, 0.05) is 30.9 Å². The molecule has 0 saturated heterocycles. The number of pyridine rings is 1. The van der Waals surface area contributed by atoms with E-state index in [0.717, 1.165) is 33.8 Å². The summed E-state index contributed by atoms with van der Waals surface area (Å²) in [6, 6.07) is 20.9. The van der Waals surface area contributed by atoms with Gasteiger partial charge in [0.15, 0.2) is 5.69 Å². The molecule has 1 N–H and O–H groups in total. The van der Waals surface area contributed by atoms with Crippen molar-refractivity contribution < 1.29 is 9.53 Å². The van der Waals surface area contributed by atoms with Gasteiger partial charge in [0.1, 0.15) is 5.75 Å². The van der Waals surface area contributed by atoms with Crippen molar-refractivity contribution in [3.05, 3.63) is 100 Å². The summed E-state index contributed by atoms with van der Waals surface area (Å²) in [5.74, 6) is 0.620. The fraction of sp³-hybridized carbons (Fsp3) is 0.160. The molecule has 0 radical (unpaired) electrons. The van der Waals surface area contributed by atoms with E-state index in [-0.39, 0.29) is 11.5 Å². The van der Waals surface area contributed by atoms with Crippen molar-refractivity contribution in [1.29, 1.82) is 0 Å². The standard InChI is InChI=1S/C25H22N4O3/c1-32-21-9-7-20(8-10-21)29-23(17-5-3-2-4-6-17)14-22(27-29)25(31)28-12-11-18-13-24(30)26-15-19(18)16-28/h2-10,13-15H,11-12,16H2,1H3,(H,26,30). The smallest absolute Gasteiger partial charge is 0.274 e. The van der Waals surface area contributed by atoms with Gasteiger partial charge in [-0.25, -0.2) is 4.68 Å². The maximum absolute atomic E-state index is 13.4. The Kier molecular flexibility index (Phi) is 5.07. The van der Waals surface area contributed by atoms with Crippen LogP contribution < -0.4 is 10.3 Å². The number of H-pyrrole nitrogens is 1. The number of hydrogen-bond acceptors (Lipinski definition) is 4. The molecule has 0 fully saturated rings. The van der Waals surface area contributed by atoms with Gasteiger partial charge in [-0.15, -0.1) is 0 Å². The fourth-order valence-electron chi connectivity index (χ4n) is 4.02. The van der Waals surface area contributed by atoms with E-state index >= 15 is 0 Å². The van der Waals surface area contributed by atoms with Gasteiger partial charge in [0.25, 0.3) is 5.91 Å². The molecule has 3 heterocycles. The van der Waals surface area contributed by atoms with Crippen LogP contribution in [0.1, 0.15) is 21.6 Å². The fourth-order valence-corrected chi connectivity index (χ4v) is 4.02. The number of carbonyl (C=O) groups excluding carboxylic acids is 1. The number of aromatic nitrogens is 3. The molecular weight excluding hydrogens is 404 g/mol. The van der Waals surface area contributed by atoms with Crippen molar-refractivity contribution >= 4 is 5.91 Å². The molecule has 0 spiro atoms. The van der Waals surface area contributed by atoms with E-state index in [0.29, 0.717) is 25.2 Å². The number of hydrogen-bond donors (Lipinski definition) is 1. The summed E-state index contributed by atoms with van der Waals surface area (Å²) < 4.78 is 7.06. The molecule has 4 aromatic rings. The third-order valence-electron chi connectivity index (χ3n) is 5.72. The first-order valence-electron chi connectivity index (χ1n) is 10.4. The lowest BCUT2D eigenvalue weighted by atomic mass is 10.0. The van der Waals surface area contributed by atoms with Crippen LogP contribution in [0, 0.1) is 0 Å². The van der Waals surface area contributed by atoms with Crippen LogP contribution in [0.4, 0.5) is 0 Å². The highest BCUT2D eigenvalue weighted by atomic mass is 16.5. The van der Waals surface area contributed by atoms with Crippen LogP contribution in [0.25, 0.3) is 16.9 Å². The first-order valence-corrected chi connectivity index (χ1v) is 10.4. The van der Waals surface area contributed by atoms with Gasteiger partial charge >= 0.3 is 0 Å². The van der Waals surface area contributed by atoms with Gasteiger partial charge in [-0.1, -0.05) is 30.3 Å². The summed E-state index contributed by atoms with van der Waals surface area (Å²) in [4.78, 5) is 29.4. The number of carbonyl (C=O) groups is 1. The van der Waals surface area contributed by atoms with Crippen molar-refractivity contribution in [2.45, 2.75) is 13.0 Å². The average molecular weight is 426 g/mol. The lowest BCUT2D eigenvalue weighted by Crippen LogP contribution is -2.36. The lowest BCUT2D eigenvalue weighted by Gasteiger charge is -2.27. The van der Waals surface area contributed by atoms with Gasteiger partial charge in [-0.2, -0.15) is 5.10 Å². The number of rotatable bonds is 4. The van der Waals surface area contributed by atoms with Crippen LogP contribution in [0.3, 0.4) is 0 Å². The van der Waals surface area contributed by atoms with E-state index in [1.807, 2.05) is 60.7 Å². The number of nitrogens with zero attached hydrogens (tertiary/aromatic N) is 3. The number of benzene rings is 2. The summed E-state index contributed by atoms with van der Waals surface area (Å²) in [7, 11) is 1.63. The molecule has 7 heteroatoms. The van der Waals surface area contributed by atoms with E-state index < -0.39 is 0 Å². The van der Waals surface area contributed by atoms with Crippen LogP contribution in [0.2, 0.25) is 0 Å². The molecule has 7 nitrogen and oxygen atoms in total. The van der Waals surface area contributed by atoms with Crippen LogP contribution in [0.15, 0.2) is 77.7 Å². The number of nitrogens with one attached hydrogen (secondary N) is 1. The van der Waals surface area contributed by atoms with E-state index in [9.17, 15) is 9.59 Å². The molecule has 1 aliphatic rings. The van der Waals surface area contributed by atoms with E-state index in [4.69, 9.17) is 4.74 Å². The molecule has 0 unspecified atom stereocenters. The van der Waals surface area contributed by atoms with Crippen LogP contribution >= 0.6 is 0 Å². The molecule has 1 aliphatic heterocycles. The average Bonchev–Trinajstić information content (AvgIpc) is 3.29. The Morgan fingerprint density at radius 3 is 2.56 bits per heavy atom. The molecule has 0 bridgehead atoms. The van der Waals surface area contributed by atoms with Gasteiger partial charge in [-0.3, -0.25) is 9.59 Å². The highest BCUT2D eigenvalue weighted by Gasteiger charge is 2.25. The Morgan fingerprint density at radius 1 is 1.03 bits per heavy atom. The summed E-state index contributed by atoms with van der Waals surface area (Å²) in [6.45, 7) is 0.992. The normalized spacial score (nSPS) is 13.0. The van der Waals surface area contributed by atoms with Crippen molar-refractivity contribution in [1.82, 2.24) is 19.7 Å². The second kappa shape index (κ2) is 8.19. The molecule has 2 aromatic carbocycles. The zero-order valence-corrected chi connectivity index (χ0v) is 17.6. The SMILES string of the molecule is COc1ccc(-n2nc(C(=O)N3CCc4cc(=O)[nH]cc4C3)cc2-c2ccccc2)cc1. The zero-order chi connectivity index (χ0) is 22.1. The number of aromatic amines is 1. The Morgan fingerprint density at radius 2 is 1.81 bits per heavy atom. The maximum atomic E-state index is 13.4. The first-order chi connectivity index (χ1) is 15.6. The van der Waals surface area contributed by atoms with Gasteiger partial charge < -0.3 is 14.6 Å². The predicted molar refractivity (Wildman–Crippen MR) is 121 cm³/mol. The lowest BCUT2D eigenvalue weighted by molar-refractivity contribution is 0.0728. The Bertz CT molecular complexity index is 1320. The summed E-state index contributed by atoms with van der Waals surface area (Å²) in [5.41, 5.74) is 4.86. The number of methoxy groups -OCH3 is 1. The molecule has 2 aromatic heterocycles. The molecular formula is C25H22N4O3. The largest absolute Gasteiger partial charge is 0.497 e. The molecule has 1 amide bonds. The van der Waals surface area contributed by atoms with Crippen LogP contribution in [-0.4, -0.2) is 39.2 Å². The van der Waals surface area contributed by atoms with E-state index in [1.54, 1.807) is 29.0 Å². The quantitative estimate of drug-likeness (QED) is 0.542. The Balaban J connectivity index is 1.51. The number of ether oxygens (including phenoxy) is 1. The second-order valence-corrected chi connectivity index (χ2v) is 7.72. The summed E-state index contributed by atoms with van der Waals surface area (Å²) >= 11 is 0. The van der Waals surface area contributed by atoms with Crippen molar-refractivity contribution in [3.63, 3.8) is 0 Å². The highest BCUT2D eigenvalue weighted by Crippen LogP contribution is 2.26. The predicted octanol–water partition coefficient (Wildman–Crippen LogP) is 3.43. The zero-order valence-electron chi connectivity index (χ0n) is 17.6. The molecule has 32 heavy (non-hydrogen) atoms. The summed E-state index contributed by atoms with van der Waals surface area (Å²) in [6.07, 6.45) is 2.35. The molecule has 0 atom stereocenters.